The summed E-state index contributed by atoms with van der Waals surface area (Å²) in [5.74, 6) is -0.426. The summed E-state index contributed by atoms with van der Waals surface area (Å²) < 4.78 is 55.0. The number of nitrogens with zero attached hydrogens (tertiary/aromatic N) is 5. The minimum Gasteiger partial charge on any atom is -0.364 e. The molecule has 3 aromatic rings. The molecule has 9 nitrogen and oxygen atoms in total. The first-order valence-corrected chi connectivity index (χ1v) is 14.0. The normalized spacial score (nSPS) is 16.3. The van der Waals surface area contributed by atoms with Gasteiger partial charge in [-0.25, -0.2) is 21.8 Å². The van der Waals surface area contributed by atoms with E-state index in [1.165, 1.54) is 0 Å². The Kier molecular flexibility index (Phi) is 6.49. The van der Waals surface area contributed by atoms with Gasteiger partial charge >= 0.3 is 0 Å². The van der Waals surface area contributed by atoms with Gasteiger partial charge in [-0.2, -0.15) is 5.26 Å². The van der Waals surface area contributed by atoms with Crippen LogP contribution in [0.5, 0.6) is 0 Å². The van der Waals surface area contributed by atoms with Gasteiger partial charge in [-0.05, 0) is 35.7 Å². The van der Waals surface area contributed by atoms with Crippen LogP contribution in [0, 0.1) is 11.3 Å². The monoisotopic (exact) mass is 499 g/mol. The molecule has 1 aromatic heterocycles. The Morgan fingerprint density at radius 1 is 1.15 bits per heavy atom. The highest BCUT2D eigenvalue weighted by Gasteiger charge is 2.41. The summed E-state index contributed by atoms with van der Waals surface area (Å²) in [5, 5.41) is 9.37. The van der Waals surface area contributed by atoms with Crippen LogP contribution in [0.4, 0.5) is 5.69 Å². The number of hydrogen-bond acceptors (Lipinski definition) is 7. The van der Waals surface area contributed by atoms with Crippen LogP contribution in [0.25, 0.3) is 0 Å². The van der Waals surface area contributed by atoms with Crippen LogP contribution < -0.4 is 4.90 Å². The molecule has 1 aliphatic heterocycles. The van der Waals surface area contributed by atoms with Crippen molar-refractivity contribution in [1.29, 1.82) is 5.26 Å². The fourth-order valence-electron chi connectivity index (χ4n) is 4.37. The van der Waals surface area contributed by atoms with Gasteiger partial charge in [-0.15, -0.1) is 0 Å². The van der Waals surface area contributed by atoms with Crippen molar-refractivity contribution < 1.29 is 16.8 Å². The van der Waals surface area contributed by atoms with Gasteiger partial charge in [0, 0.05) is 25.5 Å². The molecule has 11 heteroatoms. The fourth-order valence-corrected chi connectivity index (χ4v) is 8.20. The van der Waals surface area contributed by atoms with Crippen molar-refractivity contribution in [1.82, 2.24) is 13.3 Å². The predicted molar refractivity (Wildman–Crippen MR) is 129 cm³/mol. The Bertz CT molecular complexity index is 1440. The van der Waals surface area contributed by atoms with E-state index in [0.29, 0.717) is 21.4 Å². The maximum Gasteiger partial charge on any atom is 0.231 e. The van der Waals surface area contributed by atoms with Crippen molar-refractivity contribution in [3.05, 3.63) is 83.4 Å². The molecule has 0 saturated carbocycles. The highest BCUT2D eigenvalue weighted by Crippen LogP contribution is 2.33. The third-order valence-electron chi connectivity index (χ3n) is 5.80. The summed E-state index contributed by atoms with van der Waals surface area (Å²) in [6.07, 6.45) is 4.48. The zero-order chi connectivity index (χ0) is 24.5. The van der Waals surface area contributed by atoms with Crippen molar-refractivity contribution in [3.8, 4) is 6.07 Å². The molecule has 34 heavy (non-hydrogen) atoms. The van der Waals surface area contributed by atoms with Gasteiger partial charge in [0.25, 0.3) is 0 Å². The van der Waals surface area contributed by atoms with E-state index in [9.17, 15) is 22.1 Å². The smallest absolute Gasteiger partial charge is 0.231 e. The molecule has 0 N–H and O–H groups in total. The summed E-state index contributed by atoms with van der Waals surface area (Å²) in [7, 11) is -6.47. The number of sulfonamides is 2. The Labute approximate surface area is 200 Å². The number of aryl methyl sites for hydroxylation is 1. The van der Waals surface area contributed by atoms with E-state index in [2.05, 4.69) is 11.1 Å². The number of aromatic nitrogens is 2. The first-order valence-electron chi connectivity index (χ1n) is 10.6. The second-order valence-corrected chi connectivity index (χ2v) is 12.4. The number of benzene rings is 2. The minimum atomic E-state index is -4.21. The lowest BCUT2D eigenvalue weighted by molar-refractivity contribution is 0.406. The molecule has 0 aliphatic carbocycles. The van der Waals surface area contributed by atoms with Gasteiger partial charge < -0.3 is 9.47 Å². The molecule has 1 atom stereocenters. The van der Waals surface area contributed by atoms with E-state index in [-0.39, 0.29) is 13.0 Å². The molecule has 1 aliphatic rings. The second-order valence-electron chi connectivity index (χ2n) is 8.42. The Morgan fingerprint density at radius 3 is 2.50 bits per heavy atom. The van der Waals surface area contributed by atoms with Gasteiger partial charge in [-0.1, -0.05) is 34.0 Å². The van der Waals surface area contributed by atoms with Crippen LogP contribution in [-0.4, -0.2) is 48.9 Å². The van der Waals surface area contributed by atoms with E-state index in [1.54, 1.807) is 55.0 Å². The number of anilines is 1. The summed E-state index contributed by atoms with van der Waals surface area (Å²) in [5.41, 5.74) is 3.38. The summed E-state index contributed by atoms with van der Waals surface area (Å²) in [6, 6.07) is 15.0. The van der Waals surface area contributed by atoms with E-state index in [4.69, 9.17) is 0 Å². The number of nitriles is 1. The molecule has 1 unspecified atom stereocenters. The lowest BCUT2D eigenvalue weighted by atomic mass is 9.96. The van der Waals surface area contributed by atoms with Crippen molar-refractivity contribution >= 4 is 25.7 Å². The van der Waals surface area contributed by atoms with Crippen molar-refractivity contribution in [2.24, 2.45) is 7.05 Å². The molecular weight excluding hydrogens is 474 g/mol. The largest absolute Gasteiger partial charge is 0.364 e. The summed E-state index contributed by atoms with van der Waals surface area (Å²) in [6.45, 7) is 0.577. The van der Waals surface area contributed by atoms with Crippen LogP contribution in [0.15, 0.2) is 61.1 Å². The minimum absolute atomic E-state index is 0.172. The number of fused-ring (bicyclic) bond motifs is 1. The van der Waals surface area contributed by atoms with Crippen LogP contribution in [-0.2, 0) is 45.8 Å². The fraction of sp³-hybridized carbons (Fsp3) is 0.304. The molecule has 0 spiro atoms. The summed E-state index contributed by atoms with van der Waals surface area (Å²) in [4.78, 5) is 6.08. The Balaban J connectivity index is 1.76. The van der Waals surface area contributed by atoms with Gasteiger partial charge in [0.2, 0.25) is 20.0 Å². The zero-order valence-electron chi connectivity index (χ0n) is 18.9. The second kappa shape index (κ2) is 9.21. The van der Waals surface area contributed by atoms with Crippen molar-refractivity contribution in [3.63, 3.8) is 0 Å². The SMILES string of the molecule is Cn1cncc1CN1CC(N(S(C)(=O)=O)S(=O)(=O)Cc2ccccc2)Cc2cc(C#N)ccc21. The van der Waals surface area contributed by atoms with Crippen LogP contribution >= 0.6 is 0 Å². The Morgan fingerprint density at radius 2 is 1.88 bits per heavy atom. The lowest BCUT2D eigenvalue weighted by Crippen LogP contribution is -2.53. The van der Waals surface area contributed by atoms with Gasteiger partial charge in [0.15, 0.2) is 0 Å². The van der Waals surface area contributed by atoms with E-state index in [0.717, 1.165) is 23.2 Å². The standard InChI is InChI=1S/C23H25N5O4S2/c1-26-17-25-13-22(26)15-27-14-21(11-20-10-19(12-24)8-9-23(20)27)28(33(2,29)30)34(31,32)16-18-6-4-3-5-7-18/h3-10,13,17,21H,11,14-16H2,1-2H3. The quantitative estimate of drug-likeness (QED) is 0.488. The molecule has 2 heterocycles. The molecular formula is C23H25N5O4S2. The number of hydrogen-bond donors (Lipinski definition) is 0. The average molecular weight is 500 g/mol. The lowest BCUT2D eigenvalue weighted by Gasteiger charge is -2.39. The molecule has 178 valence electrons. The molecule has 0 amide bonds. The zero-order valence-corrected chi connectivity index (χ0v) is 20.5. The number of rotatable bonds is 7. The maximum atomic E-state index is 13.4. The highest BCUT2D eigenvalue weighted by atomic mass is 32.3. The van der Waals surface area contributed by atoms with Gasteiger partial charge in [-0.3, -0.25) is 0 Å². The third kappa shape index (κ3) is 4.99. The average Bonchev–Trinajstić information content (AvgIpc) is 3.16. The highest BCUT2D eigenvalue weighted by molar-refractivity contribution is 8.03. The maximum absolute atomic E-state index is 13.4. The molecule has 0 fully saturated rings. The molecule has 0 radical (unpaired) electrons. The van der Waals surface area contributed by atoms with E-state index in [1.807, 2.05) is 22.6 Å². The van der Waals surface area contributed by atoms with E-state index < -0.39 is 31.8 Å². The molecule has 0 saturated heterocycles. The molecule has 4 rings (SSSR count). The topological polar surface area (TPSA) is 116 Å². The van der Waals surface area contributed by atoms with Crippen molar-refractivity contribution in [2.45, 2.75) is 24.8 Å². The third-order valence-corrected chi connectivity index (χ3v) is 9.79. The Hall–Kier alpha value is -3.20. The van der Waals surface area contributed by atoms with Crippen LogP contribution in [0.2, 0.25) is 0 Å². The van der Waals surface area contributed by atoms with E-state index >= 15 is 0 Å². The molecule has 0 bridgehead atoms. The van der Waals surface area contributed by atoms with Gasteiger partial charge in [0.05, 0.1) is 48.2 Å². The first-order chi connectivity index (χ1) is 16.1. The van der Waals surface area contributed by atoms with Crippen LogP contribution in [0.3, 0.4) is 0 Å². The van der Waals surface area contributed by atoms with Gasteiger partial charge in [0.1, 0.15) is 0 Å². The first kappa shape index (κ1) is 23.9. The molecule has 2 aromatic carbocycles. The van der Waals surface area contributed by atoms with Crippen molar-refractivity contribution in [2.75, 3.05) is 17.7 Å². The van der Waals surface area contributed by atoms with Crippen LogP contribution in [0.1, 0.15) is 22.4 Å². The predicted octanol–water partition coefficient (Wildman–Crippen LogP) is 2.01. The summed E-state index contributed by atoms with van der Waals surface area (Å²) >= 11 is 0. The number of imidazole rings is 1.